The second kappa shape index (κ2) is 10.0. The summed E-state index contributed by atoms with van der Waals surface area (Å²) in [5.41, 5.74) is 0. The van der Waals surface area contributed by atoms with Gasteiger partial charge in [0.1, 0.15) is 0 Å². The van der Waals surface area contributed by atoms with Crippen molar-refractivity contribution in [3.63, 3.8) is 0 Å². The second-order valence-electron chi connectivity index (χ2n) is 6.01. The van der Waals surface area contributed by atoms with E-state index in [0.29, 0.717) is 12.0 Å². The number of nitrogens with zero attached hydrogens (tertiary/aromatic N) is 2. The van der Waals surface area contributed by atoms with Crippen LogP contribution in [0.1, 0.15) is 53.4 Å². The van der Waals surface area contributed by atoms with Crippen molar-refractivity contribution in [1.29, 1.82) is 0 Å². The molecule has 0 saturated carbocycles. The van der Waals surface area contributed by atoms with Crippen LogP contribution in [0.3, 0.4) is 0 Å². The van der Waals surface area contributed by atoms with Gasteiger partial charge in [-0.1, -0.05) is 26.7 Å². The maximum atomic E-state index is 4.78. The third kappa shape index (κ3) is 6.12. The number of hydrogen-bond acceptors (Lipinski definition) is 2. The van der Waals surface area contributed by atoms with E-state index in [4.69, 9.17) is 4.99 Å². The average Bonchev–Trinajstić information content (AvgIpc) is 2.68. The molecule has 1 fully saturated rings. The van der Waals surface area contributed by atoms with Crippen molar-refractivity contribution in [2.24, 2.45) is 10.9 Å². The van der Waals surface area contributed by atoms with Crippen LogP contribution in [0.15, 0.2) is 4.99 Å². The zero-order valence-corrected chi connectivity index (χ0v) is 13.9. The Morgan fingerprint density at radius 3 is 2.00 bits per heavy atom. The molecule has 118 valence electrons. The Morgan fingerprint density at radius 1 is 1.00 bits per heavy atom. The number of nitrogens with one attached hydrogen (secondary N) is 2. The molecule has 1 heterocycles. The molecule has 4 heteroatoms. The Bertz CT molecular complexity index is 260. The Labute approximate surface area is 125 Å². The lowest BCUT2D eigenvalue weighted by Crippen LogP contribution is -2.43. The number of hydrogen-bond donors (Lipinski definition) is 2. The molecule has 1 unspecified atom stereocenters. The molecular weight excluding hydrogens is 248 g/mol. The molecule has 0 radical (unpaired) electrons. The van der Waals surface area contributed by atoms with Crippen molar-refractivity contribution >= 4 is 5.96 Å². The van der Waals surface area contributed by atoms with Gasteiger partial charge < -0.3 is 10.6 Å². The van der Waals surface area contributed by atoms with Crippen molar-refractivity contribution in [1.82, 2.24) is 15.5 Å². The molecule has 0 bridgehead atoms. The van der Waals surface area contributed by atoms with Gasteiger partial charge in [-0.15, -0.1) is 0 Å². The van der Waals surface area contributed by atoms with Crippen LogP contribution >= 0.6 is 0 Å². The molecule has 0 aromatic carbocycles. The topological polar surface area (TPSA) is 39.7 Å². The van der Waals surface area contributed by atoms with Gasteiger partial charge in [-0.3, -0.25) is 9.89 Å². The smallest absolute Gasteiger partial charge is 0.191 e. The molecule has 2 N–H and O–H groups in total. The first-order chi connectivity index (χ1) is 9.69. The first kappa shape index (κ1) is 17.3. The number of rotatable bonds is 6. The van der Waals surface area contributed by atoms with E-state index in [1.54, 1.807) is 0 Å². The van der Waals surface area contributed by atoms with Gasteiger partial charge in [0.2, 0.25) is 0 Å². The average molecular weight is 282 g/mol. The van der Waals surface area contributed by atoms with Crippen LogP contribution in [0.5, 0.6) is 0 Å². The Hall–Kier alpha value is -0.770. The van der Waals surface area contributed by atoms with Crippen molar-refractivity contribution in [2.45, 2.75) is 59.4 Å². The third-order valence-electron chi connectivity index (χ3n) is 4.00. The lowest BCUT2D eigenvalue weighted by atomic mass is 10.0. The van der Waals surface area contributed by atoms with Gasteiger partial charge in [-0.05, 0) is 45.7 Å². The van der Waals surface area contributed by atoms with Gasteiger partial charge in [-0.2, -0.15) is 0 Å². The lowest BCUT2D eigenvalue weighted by Gasteiger charge is -2.32. The highest BCUT2D eigenvalue weighted by Crippen LogP contribution is 2.17. The zero-order valence-electron chi connectivity index (χ0n) is 13.9. The molecule has 0 aromatic rings. The van der Waals surface area contributed by atoms with Crippen molar-refractivity contribution < 1.29 is 0 Å². The molecule has 0 aliphatic carbocycles. The highest BCUT2D eigenvalue weighted by molar-refractivity contribution is 5.79. The second-order valence-corrected chi connectivity index (χ2v) is 6.01. The SMILES string of the molecule is CCNC(=NCC(C(C)C)N1CCCCCC1)NCC. The number of guanidine groups is 1. The summed E-state index contributed by atoms with van der Waals surface area (Å²) in [5.74, 6) is 1.61. The van der Waals surface area contributed by atoms with E-state index in [1.165, 1.54) is 38.8 Å². The molecule has 1 saturated heterocycles. The Kier molecular flexibility index (Phi) is 8.67. The minimum atomic E-state index is 0.570. The van der Waals surface area contributed by atoms with Crippen molar-refractivity contribution in [3.05, 3.63) is 0 Å². The Morgan fingerprint density at radius 2 is 1.55 bits per heavy atom. The minimum absolute atomic E-state index is 0.570. The fourth-order valence-electron chi connectivity index (χ4n) is 2.87. The fraction of sp³-hybridized carbons (Fsp3) is 0.938. The molecular formula is C16H34N4. The van der Waals surface area contributed by atoms with Gasteiger partial charge >= 0.3 is 0 Å². The van der Waals surface area contributed by atoms with E-state index in [2.05, 4.69) is 43.2 Å². The van der Waals surface area contributed by atoms with Crippen molar-refractivity contribution in [3.8, 4) is 0 Å². The van der Waals surface area contributed by atoms with E-state index < -0.39 is 0 Å². The Balaban J connectivity index is 2.62. The summed E-state index contributed by atoms with van der Waals surface area (Å²) in [7, 11) is 0. The van der Waals surface area contributed by atoms with Gasteiger partial charge in [0.15, 0.2) is 5.96 Å². The van der Waals surface area contributed by atoms with Crippen LogP contribution in [-0.2, 0) is 0 Å². The van der Waals surface area contributed by atoms with Gasteiger partial charge in [0.05, 0.1) is 6.54 Å². The molecule has 1 atom stereocenters. The quantitative estimate of drug-likeness (QED) is 0.581. The fourth-order valence-corrected chi connectivity index (χ4v) is 2.87. The van der Waals surface area contributed by atoms with Gasteiger partial charge in [-0.25, -0.2) is 0 Å². The highest BCUT2D eigenvalue weighted by Gasteiger charge is 2.22. The van der Waals surface area contributed by atoms with E-state index in [1.807, 2.05) is 0 Å². The normalized spacial score (nSPS) is 18.4. The molecule has 0 spiro atoms. The third-order valence-corrected chi connectivity index (χ3v) is 4.00. The highest BCUT2D eigenvalue weighted by atomic mass is 15.2. The van der Waals surface area contributed by atoms with Crippen LogP contribution in [0.2, 0.25) is 0 Å². The first-order valence-corrected chi connectivity index (χ1v) is 8.45. The molecule has 1 aliphatic heterocycles. The summed E-state index contributed by atoms with van der Waals surface area (Å²) < 4.78 is 0. The maximum absolute atomic E-state index is 4.78. The predicted octanol–water partition coefficient (Wildman–Crippen LogP) is 2.46. The predicted molar refractivity (Wildman–Crippen MR) is 88.3 cm³/mol. The molecule has 20 heavy (non-hydrogen) atoms. The maximum Gasteiger partial charge on any atom is 0.191 e. The molecule has 1 aliphatic rings. The van der Waals surface area contributed by atoms with Gasteiger partial charge in [0, 0.05) is 19.1 Å². The largest absolute Gasteiger partial charge is 0.357 e. The van der Waals surface area contributed by atoms with Crippen molar-refractivity contribution in [2.75, 3.05) is 32.7 Å². The lowest BCUT2D eigenvalue weighted by molar-refractivity contribution is 0.166. The standard InChI is InChI=1S/C16H34N4/c1-5-17-16(18-6-2)19-13-15(14(3)4)20-11-9-7-8-10-12-20/h14-15H,5-13H2,1-4H3,(H2,17,18,19). The van der Waals surface area contributed by atoms with E-state index in [9.17, 15) is 0 Å². The van der Waals surface area contributed by atoms with Gasteiger partial charge in [0.25, 0.3) is 0 Å². The molecule has 0 amide bonds. The monoisotopic (exact) mass is 282 g/mol. The van der Waals surface area contributed by atoms with E-state index in [0.717, 1.165) is 25.6 Å². The molecule has 4 nitrogen and oxygen atoms in total. The number of likely N-dealkylation sites (tertiary alicyclic amines) is 1. The summed E-state index contributed by atoms with van der Waals surface area (Å²) in [4.78, 5) is 7.45. The molecule has 0 aromatic heterocycles. The minimum Gasteiger partial charge on any atom is -0.357 e. The van der Waals surface area contributed by atoms with Crippen LogP contribution < -0.4 is 10.6 Å². The van der Waals surface area contributed by atoms with Crippen LogP contribution in [-0.4, -0.2) is 49.6 Å². The van der Waals surface area contributed by atoms with E-state index >= 15 is 0 Å². The van der Waals surface area contributed by atoms with Crippen LogP contribution in [0.4, 0.5) is 0 Å². The summed E-state index contributed by atoms with van der Waals surface area (Å²) in [6, 6.07) is 0.570. The summed E-state index contributed by atoms with van der Waals surface area (Å²) >= 11 is 0. The van der Waals surface area contributed by atoms with Crippen LogP contribution in [0.25, 0.3) is 0 Å². The van der Waals surface area contributed by atoms with Crippen LogP contribution in [0, 0.1) is 5.92 Å². The zero-order chi connectivity index (χ0) is 14.8. The summed E-state index contributed by atoms with van der Waals surface area (Å²) in [6.07, 6.45) is 5.48. The molecule has 1 rings (SSSR count). The summed E-state index contributed by atoms with van der Waals surface area (Å²) in [6.45, 7) is 14.1. The summed E-state index contributed by atoms with van der Waals surface area (Å²) in [5, 5.41) is 6.63. The van der Waals surface area contributed by atoms with E-state index in [-0.39, 0.29) is 0 Å². The number of aliphatic imine (C=N–C) groups is 1. The first-order valence-electron chi connectivity index (χ1n) is 8.45.